The highest BCUT2D eigenvalue weighted by Crippen LogP contribution is 2.26. The molecule has 67 heavy (non-hydrogen) atoms. The molecule has 1 aliphatic rings. The van der Waals surface area contributed by atoms with Gasteiger partial charge in [-0.1, -0.05) is 230 Å². The van der Waals surface area contributed by atoms with Crippen LogP contribution in [-0.2, 0) is 23.8 Å². The predicted octanol–water partition coefficient (Wildman–Crippen LogP) is 11.7. The van der Waals surface area contributed by atoms with Crippen LogP contribution in [0.25, 0.3) is 0 Å². The highest BCUT2D eigenvalue weighted by atomic mass is 16.7. The molecular formula is C56H101NO10. The van der Waals surface area contributed by atoms with E-state index in [0.717, 1.165) is 89.9 Å². The van der Waals surface area contributed by atoms with E-state index in [1.807, 2.05) is 12.2 Å². The third-order valence-corrected chi connectivity index (χ3v) is 12.8. The van der Waals surface area contributed by atoms with Crippen LogP contribution in [0.1, 0.15) is 233 Å². The number of hydrogen-bond donors (Lipinski definition) is 6. The standard InChI is InChI=1S/C56H101NO10/c1-4-7-10-13-16-19-22-24-25-26-29-32-35-38-41-44-51(61)67-54-53(63)52(62)50(45-58)66-56(54)65-46-47(48(59)42-39-36-33-30-27-21-18-15-12-9-6-3)57-55(64)49(60)43-40-37-34-31-28-23-20-17-14-11-8-5-2/h7,10,13,16,19,22,39,42,47-50,52-54,56,58-60,62-63H,4-6,8-9,11-12,14-15,17-18,20-21,23-38,40-41,43-46H2,1-3H3,(H,57,64)/b10-7+,16-13+,22-19+,42-39+. The minimum absolute atomic E-state index is 0.111. The third kappa shape index (κ3) is 33.7. The van der Waals surface area contributed by atoms with Crippen molar-refractivity contribution >= 4 is 11.9 Å². The molecule has 0 saturated carbocycles. The maximum atomic E-state index is 13.3. The Morgan fingerprint density at radius 3 is 1.60 bits per heavy atom. The molecule has 0 aromatic carbocycles. The minimum Gasteiger partial charge on any atom is -0.454 e. The van der Waals surface area contributed by atoms with Gasteiger partial charge in [-0.15, -0.1) is 0 Å². The van der Waals surface area contributed by atoms with E-state index in [1.54, 1.807) is 6.08 Å². The Labute approximate surface area is 408 Å². The molecule has 0 bridgehead atoms. The molecular weight excluding hydrogens is 847 g/mol. The second-order valence-corrected chi connectivity index (χ2v) is 19.0. The van der Waals surface area contributed by atoms with Crippen LogP contribution in [-0.4, -0.2) is 99.6 Å². The van der Waals surface area contributed by atoms with Crippen LogP contribution in [0.4, 0.5) is 0 Å². The van der Waals surface area contributed by atoms with Crippen LogP contribution < -0.4 is 5.32 Å². The Hall–Kier alpha value is -2.38. The van der Waals surface area contributed by atoms with Gasteiger partial charge in [0.15, 0.2) is 12.4 Å². The average Bonchev–Trinajstić information content (AvgIpc) is 3.32. The number of rotatable bonds is 45. The molecule has 0 aromatic heterocycles. The number of amides is 1. The summed E-state index contributed by atoms with van der Waals surface area (Å²) in [5.74, 6) is -1.21. The number of allylic oxidation sites excluding steroid dienone is 7. The van der Waals surface area contributed by atoms with Crippen molar-refractivity contribution < 1.29 is 49.3 Å². The predicted molar refractivity (Wildman–Crippen MR) is 273 cm³/mol. The normalized spacial score (nSPS) is 20.4. The first kappa shape index (κ1) is 62.6. The molecule has 0 radical (unpaired) electrons. The molecule has 11 heteroatoms. The summed E-state index contributed by atoms with van der Waals surface area (Å²) in [6.45, 7) is 5.62. The first-order valence-electron chi connectivity index (χ1n) is 27.4. The molecule has 6 N–H and O–H groups in total. The average molecular weight is 948 g/mol. The van der Waals surface area contributed by atoms with Crippen LogP contribution in [0.5, 0.6) is 0 Å². The van der Waals surface area contributed by atoms with Gasteiger partial charge in [-0.2, -0.15) is 0 Å². The Morgan fingerprint density at radius 2 is 1.07 bits per heavy atom. The zero-order chi connectivity index (χ0) is 49.0. The summed E-state index contributed by atoms with van der Waals surface area (Å²) in [5, 5.41) is 56.6. The number of aliphatic hydroxyl groups excluding tert-OH is 5. The molecule has 1 aliphatic heterocycles. The van der Waals surface area contributed by atoms with Gasteiger partial charge >= 0.3 is 5.97 Å². The lowest BCUT2D eigenvalue weighted by molar-refractivity contribution is -0.305. The van der Waals surface area contributed by atoms with Gasteiger partial charge in [0.2, 0.25) is 5.91 Å². The lowest BCUT2D eigenvalue weighted by Gasteiger charge is -2.41. The molecule has 1 rings (SSSR count). The summed E-state index contributed by atoms with van der Waals surface area (Å²) < 4.78 is 17.5. The number of hydrogen-bond acceptors (Lipinski definition) is 10. The van der Waals surface area contributed by atoms with Gasteiger partial charge in [-0.05, 0) is 44.9 Å². The summed E-state index contributed by atoms with van der Waals surface area (Å²) >= 11 is 0. The molecule has 0 aromatic rings. The lowest BCUT2D eigenvalue weighted by Crippen LogP contribution is -2.61. The van der Waals surface area contributed by atoms with Gasteiger partial charge in [0.25, 0.3) is 0 Å². The van der Waals surface area contributed by atoms with E-state index in [4.69, 9.17) is 14.2 Å². The van der Waals surface area contributed by atoms with Gasteiger partial charge in [0, 0.05) is 6.42 Å². The summed E-state index contributed by atoms with van der Waals surface area (Å²) in [4.78, 5) is 26.4. The summed E-state index contributed by atoms with van der Waals surface area (Å²) in [5.41, 5.74) is 0. The molecule has 1 heterocycles. The third-order valence-electron chi connectivity index (χ3n) is 12.8. The van der Waals surface area contributed by atoms with Gasteiger partial charge in [0.05, 0.1) is 25.4 Å². The second kappa shape index (κ2) is 44.8. The van der Waals surface area contributed by atoms with Crippen molar-refractivity contribution in [2.75, 3.05) is 13.2 Å². The Morgan fingerprint density at radius 1 is 0.597 bits per heavy atom. The fraction of sp³-hybridized carbons (Fsp3) is 0.821. The van der Waals surface area contributed by atoms with Crippen LogP contribution in [0.2, 0.25) is 0 Å². The van der Waals surface area contributed by atoms with Crippen LogP contribution in [0, 0.1) is 0 Å². The molecule has 0 spiro atoms. The first-order valence-corrected chi connectivity index (χ1v) is 27.4. The SMILES string of the molecule is CC/C=C/C=C/C=C/CCCCCCCCCC(=O)OC1C(OCC(NC(=O)C(O)CCCCCCCCCCCCCC)C(O)/C=C/CCCCCCCCCCC)OC(CO)C(O)C1O. The van der Waals surface area contributed by atoms with Crippen LogP contribution in [0.3, 0.4) is 0 Å². The van der Waals surface area contributed by atoms with Crippen molar-refractivity contribution in [3.63, 3.8) is 0 Å². The van der Waals surface area contributed by atoms with Crippen molar-refractivity contribution in [3.8, 4) is 0 Å². The maximum absolute atomic E-state index is 13.3. The van der Waals surface area contributed by atoms with Crippen molar-refractivity contribution in [1.82, 2.24) is 5.32 Å². The lowest BCUT2D eigenvalue weighted by atomic mass is 9.99. The fourth-order valence-corrected chi connectivity index (χ4v) is 8.42. The molecule has 8 unspecified atom stereocenters. The molecule has 11 nitrogen and oxygen atoms in total. The number of nitrogens with one attached hydrogen (secondary N) is 1. The second-order valence-electron chi connectivity index (χ2n) is 19.0. The molecule has 8 atom stereocenters. The highest BCUT2D eigenvalue weighted by Gasteiger charge is 2.47. The van der Waals surface area contributed by atoms with E-state index in [-0.39, 0.29) is 13.0 Å². The van der Waals surface area contributed by atoms with Crippen molar-refractivity contribution in [3.05, 3.63) is 48.6 Å². The molecule has 1 amide bonds. The van der Waals surface area contributed by atoms with Crippen molar-refractivity contribution in [2.45, 2.75) is 282 Å². The zero-order valence-electron chi connectivity index (χ0n) is 42.8. The van der Waals surface area contributed by atoms with Crippen LogP contribution >= 0.6 is 0 Å². The minimum atomic E-state index is -1.62. The maximum Gasteiger partial charge on any atom is 0.306 e. The monoisotopic (exact) mass is 948 g/mol. The van der Waals surface area contributed by atoms with Crippen LogP contribution in [0.15, 0.2) is 48.6 Å². The van der Waals surface area contributed by atoms with E-state index < -0.39 is 67.4 Å². The summed E-state index contributed by atoms with van der Waals surface area (Å²) in [7, 11) is 0. The van der Waals surface area contributed by atoms with Gasteiger partial charge in [0.1, 0.15) is 24.4 Å². The number of unbranched alkanes of at least 4 members (excludes halogenated alkanes) is 27. The van der Waals surface area contributed by atoms with Crippen molar-refractivity contribution in [1.29, 1.82) is 0 Å². The van der Waals surface area contributed by atoms with E-state index >= 15 is 0 Å². The number of ether oxygens (including phenoxy) is 3. The summed E-state index contributed by atoms with van der Waals surface area (Å²) in [6, 6.07) is -1.02. The van der Waals surface area contributed by atoms with Gasteiger partial charge in [-0.25, -0.2) is 0 Å². The molecule has 1 fully saturated rings. The highest BCUT2D eigenvalue weighted by molar-refractivity contribution is 5.80. The molecule has 390 valence electrons. The smallest absolute Gasteiger partial charge is 0.306 e. The van der Waals surface area contributed by atoms with Gasteiger partial charge < -0.3 is 45.1 Å². The fourth-order valence-electron chi connectivity index (χ4n) is 8.42. The first-order chi connectivity index (χ1) is 32.7. The van der Waals surface area contributed by atoms with Gasteiger partial charge in [-0.3, -0.25) is 9.59 Å². The van der Waals surface area contributed by atoms with E-state index in [2.05, 4.69) is 56.5 Å². The molecule has 1 saturated heterocycles. The Balaban J connectivity index is 2.75. The van der Waals surface area contributed by atoms with E-state index in [1.165, 1.54) is 96.3 Å². The Kier molecular flexibility index (Phi) is 41.9. The number of aliphatic hydroxyl groups is 5. The summed E-state index contributed by atoms with van der Waals surface area (Å²) in [6.07, 6.45) is 41.6. The van der Waals surface area contributed by atoms with E-state index in [9.17, 15) is 35.1 Å². The van der Waals surface area contributed by atoms with E-state index in [0.29, 0.717) is 19.3 Å². The Bertz CT molecular complexity index is 1270. The number of carbonyl (C=O) groups is 2. The largest absolute Gasteiger partial charge is 0.454 e. The quantitative estimate of drug-likeness (QED) is 0.0149. The number of carbonyl (C=O) groups excluding carboxylic acids is 2. The zero-order valence-corrected chi connectivity index (χ0v) is 42.8. The molecule has 0 aliphatic carbocycles. The topological polar surface area (TPSA) is 175 Å². The van der Waals surface area contributed by atoms with Crippen molar-refractivity contribution in [2.24, 2.45) is 0 Å². The number of esters is 1.